The van der Waals surface area contributed by atoms with Crippen LogP contribution in [0.25, 0.3) is 10.9 Å². The van der Waals surface area contributed by atoms with Crippen molar-refractivity contribution in [3.05, 3.63) is 101 Å². The monoisotopic (exact) mass is 465 g/mol. The molecule has 0 saturated heterocycles. The number of phenols is 1. The SMILES string of the molecule is O=C(NCCC1CC1c1ccccc1)c1ccccc1CN1CCc2c([nH]c3ccc(O)cc23)C1. The zero-order valence-corrected chi connectivity index (χ0v) is 19.8. The highest BCUT2D eigenvalue weighted by atomic mass is 16.3. The standard InChI is InChI=1S/C30H31N3O2/c34-23-10-11-28-27(17-23)25-13-15-33(19-29(25)32-28)18-22-8-4-5-9-24(22)30(35)31-14-12-21-16-26(21)20-6-2-1-3-7-20/h1-11,17,21,26,32,34H,12-16,18-19H2,(H,31,35). The molecule has 1 aromatic heterocycles. The van der Waals surface area contributed by atoms with E-state index >= 15 is 0 Å². The largest absolute Gasteiger partial charge is 0.508 e. The number of amides is 1. The van der Waals surface area contributed by atoms with Gasteiger partial charge in [0.1, 0.15) is 5.75 Å². The minimum absolute atomic E-state index is 0.0243. The number of carbonyl (C=O) groups excluding carboxylic acids is 1. The number of aromatic nitrogens is 1. The maximum Gasteiger partial charge on any atom is 0.251 e. The molecule has 3 N–H and O–H groups in total. The molecule has 2 heterocycles. The quantitative estimate of drug-likeness (QED) is 0.344. The highest BCUT2D eigenvalue weighted by molar-refractivity contribution is 5.95. The second-order valence-electron chi connectivity index (χ2n) is 9.99. The first kappa shape index (κ1) is 21.9. The molecule has 1 amide bonds. The van der Waals surface area contributed by atoms with Gasteiger partial charge in [-0.15, -0.1) is 0 Å². The Balaban J connectivity index is 1.07. The summed E-state index contributed by atoms with van der Waals surface area (Å²) in [5, 5.41) is 14.2. The number of H-pyrrole nitrogens is 1. The number of carbonyl (C=O) groups is 1. The summed E-state index contributed by atoms with van der Waals surface area (Å²) in [4.78, 5) is 19.0. The van der Waals surface area contributed by atoms with Crippen LogP contribution in [0.15, 0.2) is 72.8 Å². The Morgan fingerprint density at radius 3 is 2.77 bits per heavy atom. The lowest BCUT2D eigenvalue weighted by atomic mass is 10.0. The molecule has 0 bridgehead atoms. The number of aromatic amines is 1. The molecular formula is C30H31N3O2. The van der Waals surface area contributed by atoms with Crippen LogP contribution in [-0.4, -0.2) is 34.0 Å². The number of nitrogens with one attached hydrogen (secondary N) is 2. The first-order chi connectivity index (χ1) is 17.2. The summed E-state index contributed by atoms with van der Waals surface area (Å²) in [7, 11) is 0. The van der Waals surface area contributed by atoms with E-state index in [1.807, 2.05) is 30.3 Å². The summed E-state index contributed by atoms with van der Waals surface area (Å²) in [6.07, 6.45) is 3.18. The van der Waals surface area contributed by atoms with Gasteiger partial charge in [0.2, 0.25) is 0 Å². The maximum absolute atomic E-state index is 13.0. The van der Waals surface area contributed by atoms with Crippen molar-refractivity contribution in [1.29, 1.82) is 0 Å². The molecule has 0 spiro atoms. The number of aromatic hydroxyl groups is 1. The normalized spacial score (nSPS) is 19.4. The highest BCUT2D eigenvalue weighted by Gasteiger charge is 2.37. The molecule has 3 aromatic carbocycles. The van der Waals surface area contributed by atoms with Crippen molar-refractivity contribution in [2.45, 2.75) is 38.3 Å². The Kier molecular flexibility index (Phi) is 5.78. The van der Waals surface area contributed by atoms with Crippen molar-refractivity contribution in [2.24, 2.45) is 5.92 Å². The van der Waals surface area contributed by atoms with Crippen molar-refractivity contribution in [1.82, 2.24) is 15.2 Å². The number of nitrogens with zero attached hydrogens (tertiary/aromatic N) is 1. The number of hydrogen-bond acceptors (Lipinski definition) is 3. The van der Waals surface area contributed by atoms with Crippen LogP contribution < -0.4 is 5.32 Å². The molecule has 178 valence electrons. The van der Waals surface area contributed by atoms with E-state index in [1.54, 1.807) is 6.07 Å². The minimum Gasteiger partial charge on any atom is -0.508 e. The van der Waals surface area contributed by atoms with E-state index in [4.69, 9.17) is 0 Å². The Bertz CT molecular complexity index is 1360. The molecule has 1 aliphatic carbocycles. The first-order valence-electron chi connectivity index (χ1n) is 12.6. The van der Waals surface area contributed by atoms with Gasteiger partial charge in [-0.1, -0.05) is 48.5 Å². The van der Waals surface area contributed by atoms with E-state index in [-0.39, 0.29) is 5.91 Å². The minimum atomic E-state index is 0.0243. The van der Waals surface area contributed by atoms with Gasteiger partial charge in [0.25, 0.3) is 5.91 Å². The van der Waals surface area contributed by atoms with Crippen LogP contribution >= 0.6 is 0 Å². The molecule has 35 heavy (non-hydrogen) atoms. The summed E-state index contributed by atoms with van der Waals surface area (Å²) < 4.78 is 0. The van der Waals surface area contributed by atoms with Gasteiger partial charge in [0.05, 0.1) is 0 Å². The zero-order valence-electron chi connectivity index (χ0n) is 19.8. The Morgan fingerprint density at radius 1 is 1.06 bits per heavy atom. The van der Waals surface area contributed by atoms with E-state index in [9.17, 15) is 9.90 Å². The fourth-order valence-corrected chi connectivity index (χ4v) is 5.68. The molecule has 5 heteroatoms. The van der Waals surface area contributed by atoms with Crippen LogP contribution in [-0.2, 0) is 19.5 Å². The number of rotatable bonds is 7. The third kappa shape index (κ3) is 4.56. The molecule has 2 unspecified atom stereocenters. The second-order valence-corrected chi connectivity index (χ2v) is 9.99. The lowest BCUT2D eigenvalue weighted by Gasteiger charge is -2.27. The molecule has 0 radical (unpaired) electrons. The van der Waals surface area contributed by atoms with Crippen molar-refractivity contribution in [3.8, 4) is 5.75 Å². The number of phenolic OH excluding ortho intramolecular Hbond substituents is 1. The van der Waals surface area contributed by atoms with E-state index in [0.717, 1.165) is 61.1 Å². The van der Waals surface area contributed by atoms with Crippen molar-refractivity contribution in [2.75, 3.05) is 13.1 Å². The number of hydrogen-bond donors (Lipinski definition) is 3. The smallest absolute Gasteiger partial charge is 0.251 e. The first-order valence-corrected chi connectivity index (χ1v) is 12.6. The van der Waals surface area contributed by atoms with E-state index in [1.165, 1.54) is 23.2 Å². The second kappa shape index (κ2) is 9.23. The molecule has 4 aromatic rings. The summed E-state index contributed by atoms with van der Waals surface area (Å²) in [6.45, 7) is 3.19. The van der Waals surface area contributed by atoms with Crippen LogP contribution in [0.5, 0.6) is 5.75 Å². The lowest BCUT2D eigenvalue weighted by molar-refractivity contribution is 0.0950. The fourth-order valence-electron chi connectivity index (χ4n) is 5.68. The van der Waals surface area contributed by atoms with Gasteiger partial charge in [-0.25, -0.2) is 0 Å². The molecular weight excluding hydrogens is 434 g/mol. The van der Waals surface area contributed by atoms with Crippen molar-refractivity contribution < 1.29 is 9.90 Å². The van der Waals surface area contributed by atoms with Crippen LogP contribution in [0, 0.1) is 5.92 Å². The van der Waals surface area contributed by atoms with Gasteiger partial charge < -0.3 is 15.4 Å². The average Bonchev–Trinajstić information content (AvgIpc) is 3.57. The number of benzene rings is 3. The van der Waals surface area contributed by atoms with Gasteiger partial charge in [0.15, 0.2) is 0 Å². The predicted octanol–water partition coefficient (Wildman–Crippen LogP) is 5.36. The molecule has 5 nitrogen and oxygen atoms in total. The van der Waals surface area contributed by atoms with Gasteiger partial charge in [-0.2, -0.15) is 0 Å². The van der Waals surface area contributed by atoms with Crippen LogP contribution in [0.4, 0.5) is 0 Å². The fraction of sp³-hybridized carbons (Fsp3) is 0.300. The van der Waals surface area contributed by atoms with Crippen LogP contribution in [0.1, 0.15) is 51.5 Å². The average molecular weight is 466 g/mol. The van der Waals surface area contributed by atoms with Crippen molar-refractivity contribution >= 4 is 16.8 Å². The molecule has 1 fully saturated rings. The summed E-state index contributed by atoms with van der Waals surface area (Å²) >= 11 is 0. The lowest BCUT2D eigenvalue weighted by Crippen LogP contribution is -2.31. The van der Waals surface area contributed by atoms with E-state index in [0.29, 0.717) is 17.6 Å². The Morgan fingerprint density at radius 2 is 1.89 bits per heavy atom. The molecule has 6 rings (SSSR count). The van der Waals surface area contributed by atoms with Gasteiger partial charge in [-0.05, 0) is 72.1 Å². The third-order valence-electron chi connectivity index (χ3n) is 7.64. The molecule has 2 atom stereocenters. The highest BCUT2D eigenvalue weighted by Crippen LogP contribution is 2.49. The van der Waals surface area contributed by atoms with Crippen LogP contribution in [0.2, 0.25) is 0 Å². The number of fused-ring (bicyclic) bond motifs is 3. The van der Waals surface area contributed by atoms with Crippen molar-refractivity contribution in [3.63, 3.8) is 0 Å². The summed E-state index contributed by atoms with van der Waals surface area (Å²) in [6, 6.07) is 24.2. The van der Waals surface area contributed by atoms with Gasteiger partial charge in [-0.3, -0.25) is 9.69 Å². The maximum atomic E-state index is 13.0. The molecule has 2 aliphatic rings. The predicted molar refractivity (Wildman–Crippen MR) is 138 cm³/mol. The third-order valence-corrected chi connectivity index (χ3v) is 7.64. The van der Waals surface area contributed by atoms with E-state index < -0.39 is 0 Å². The topological polar surface area (TPSA) is 68.4 Å². The van der Waals surface area contributed by atoms with Gasteiger partial charge >= 0.3 is 0 Å². The van der Waals surface area contributed by atoms with E-state index in [2.05, 4.69) is 51.6 Å². The molecule has 1 saturated carbocycles. The molecule has 1 aliphatic heterocycles. The summed E-state index contributed by atoms with van der Waals surface area (Å²) in [5.74, 6) is 1.65. The Hall–Kier alpha value is -3.57. The van der Waals surface area contributed by atoms with Gasteiger partial charge in [0, 0.05) is 48.3 Å². The Labute approximate surface area is 205 Å². The summed E-state index contributed by atoms with van der Waals surface area (Å²) in [5.41, 5.74) is 6.83. The van der Waals surface area contributed by atoms with Crippen LogP contribution in [0.3, 0.4) is 0 Å². The zero-order chi connectivity index (χ0) is 23.8.